The van der Waals surface area contributed by atoms with Crippen molar-refractivity contribution in [1.82, 2.24) is 4.90 Å². The largest absolute Gasteiger partial charge is 0.380 e. The van der Waals surface area contributed by atoms with Gasteiger partial charge >= 0.3 is 0 Å². The van der Waals surface area contributed by atoms with E-state index >= 15 is 0 Å². The molecule has 0 radical (unpaired) electrons. The predicted molar refractivity (Wildman–Crippen MR) is 59.1 cm³/mol. The van der Waals surface area contributed by atoms with Crippen LogP contribution < -0.4 is 5.14 Å². The molecule has 1 aliphatic heterocycles. The predicted octanol–water partition coefficient (Wildman–Crippen LogP) is -0.224. The van der Waals surface area contributed by atoms with Crippen molar-refractivity contribution >= 4 is 10.0 Å². The maximum absolute atomic E-state index is 11.0. The Labute approximate surface area is 91.6 Å². The van der Waals surface area contributed by atoms with E-state index in [1.54, 1.807) is 0 Å². The molecule has 15 heavy (non-hydrogen) atoms. The Kier molecular flexibility index (Phi) is 4.98. The van der Waals surface area contributed by atoms with Gasteiger partial charge in [0.2, 0.25) is 10.0 Å². The molecule has 0 aromatic rings. The van der Waals surface area contributed by atoms with Crippen LogP contribution in [0.25, 0.3) is 0 Å². The van der Waals surface area contributed by atoms with Crippen molar-refractivity contribution in [1.29, 1.82) is 0 Å². The second-order valence-electron chi connectivity index (χ2n) is 3.86. The third kappa shape index (κ3) is 4.92. The number of hydrogen-bond donors (Lipinski definition) is 1. The number of primary sulfonamides is 1. The maximum Gasteiger partial charge on any atom is 0.210 e. The van der Waals surface area contributed by atoms with Crippen molar-refractivity contribution in [3.8, 4) is 0 Å². The number of likely N-dealkylation sites (tertiary alicyclic amines) is 1. The Morgan fingerprint density at radius 3 is 2.87 bits per heavy atom. The molecule has 1 aliphatic rings. The first-order valence-electron chi connectivity index (χ1n) is 5.35. The van der Waals surface area contributed by atoms with Crippen LogP contribution in [-0.4, -0.2) is 51.4 Å². The third-order valence-electron chi connectivity index (χ3n) is 2.65. The number of hydrogen-bond acceptors (Lipinski definition) is 4. The molecule has 0 bridgehead atoms. The highest BCUT2D eigenvalue weighted by Gasteiger charge is 2.27. The van der Waals surface area contributed by atoms with E-state index in [-0.39, 0.29) is 11.8 Å². The van der Waals surface area contributed by atoms with Crippen LogP contribution in [0.2, 0.25) is 0 Å². The van der Waals surface area contributed by atoms with Crippen LogP contribution in [0.15, 0.2) is 0 Å². The summed E-state index contributed by atoms with van der Waals surface area (Å²) >= 11 is 0. The van der Waals surface area contributed by atoms with Gasteiger partial charge in [0.15, 0.2) is 0 Å². The topological polar surface area (TPSA) is 72.6 Å². The van der Waals surface area contributed by atoms with Crippen LogP contribution in [0.4, 0.5) is 0 Å². The molecule has 0 saturated carbocycles. The van der Waals surface area contributed by atoms with Crippen molar-refractivity contribution in [3.05, 3.63) is 0 Å². The monoisotopic (exact) mass is 236 g/mol. The molecule has 6 heteroatoms. The first kappa shape index (κ1) is 12.9. The summed E-state index contributed by atoms with van der Waals surface area (Å²) in [5.74, 6) is 0.0686. The molecular weight excluding hydrogens is 216 g/mol. The van der Waals surface area contributed by atoms with E-state index in [4.69, 9.17) is 9.88 Å². The molecule has 0 aromatic carbocycles. The zero-order valence-electron chi connectivity index (χ0n) is 9.18. The second-order valence-corrected chi connectivity index (χ2v) is 5.52. The van der Waals surface area contributed by atoms with Crippen LogP contribution in [-0.2, 0) is 14.8 Å². The molecule has 1 saturated heterocycles. The lowest BCUT2D eigenvalue weighted by Crippen LogP contribution is -2.39. The second kappa shape index (κ2) is 5.79. The van der Waals surface area contributed by atoms with Gasteiger partial charge in [0.05, 0.1) is 12.4 Å². The molecule has 90 valence electrons. The lowest BCUT2D eigenvalue weighted by atomic mass is 10.2. The van der Waals surface area contributed by atoms with Crippen molar-refractivity contribution < 1.29 is 13.2 Å². The highest BCUT2D eigenvalue weighted by atomic mass is 32.2. The minimum absolute atomic E-state index is 0.0686. The van der Waals surface area contributed by atoms with E-state index in [1.165, 1.54) is 0 Å². The van der Waals surface area contributed by atoms with Gasteiger partial charge in [0, 0.05) is 19.2 Å². The fourth-order valence-corrected chi connectivity index (χ4v) is 2.89. The lowest BCUT2D eigenvalue weighted by molar-refractivity contribution is 0.111. The smallest absolute Gasteiger partial charge is 0.210 e. The fourth-order valence-electron chi connectivity index (χ4n) is 1.97. The van der Waals surface area contributed by atoms with Crippen molar-refractivity contribution in [3.63, 3.8) is 0 Å². The van der Waals surface area contributed by atoms with Gasteiger partial charge in [0.25, 0.3) is 0 Å². The van der Waals surface area contributed by atoms with Crippen LogP contribution in [0, 0.1) is 0 Å². The van der Waals surface area contributed by atoms with Gasteiger partial charge in [-0.2, -0.15) is 0 Å². The third-order valence-corrected chi connectivity index (χ3v) is 3.50. The molecule has 1 heterocycles. The summed E-state index contributed by atoms with van der Waals surface area (Å²) in [7, 11) is -3.35. The van der Waals surface area contributed by atoms with E-state index in [2.05, 4.69) is 4.90 Å². The van der Waals surface area contributed by atoms with E-state index < -0.39 is 10.0 Å². The first-order valence-corrected chi connectivity index (χ1v) is 7.06. The van der Waals surface area contributed by atoms with Gasteiger partial charge < -0.3 is 4.74 Å². The Bertz CT molecular complexity index is 279. The Morgan fingerprint density at radius 2 is 2.27 bits per heavy atom. The summed E-state index contributed by atoms with van der Waals surface area (Å²) in [4.78, 5) is 2.15. The molecule has 0 spiro atoms. The average Bonchev–Trinajstić information content (AvgIpc) is 2.50. The molecule has 0 aliphatic carbocycles. The lowest BCUT2D eigenvalue weighted by Gasteiger charge is -2.23. The zero-order valence-corrected chi connectivity index (χ0v) is 10.0. The number of rotatable bonds is 6. The van der Waals surface area contributed by atoms with Crippen molar-refractivity contribution in [2.24, 2.45) is 5.14 Å². The zero-order chi connectivity index (χ0) is 11.3. The van der Waals surface area contributed by atoms with Gasteiger partial charge in [-0.25, -0.2) is 13.6 Å². The molecule has 2 N–H and O–H groups in total. The molecule has 0 amide bonds. The van der Waals surface area contributed by atoms with Crippen LogP contribution in [0.3, 0.4) is 0 Å². The molecule has 1 atom stereocenters. The SMILES string of the molecule is CCOCCN1CCC[C@@H]1CS(N)(=O)=O. The molecule has 0 unspecified atom stereocenters. The Morgan fingerprint density at radius 1 is 1.53 bits per heavy atom. The summed E-state index contributed by atoms with van der Waals surface area (Å²) in [5, 5.41) is 5.05. The van der Waals surface area contributed by atoms with Gasteiger partial charge in [-0.3, -0.25) is 4.90 Å². The summed E-state index contributed by atoms with van der Waals surface area (Å²) in [5.41, 5.74) is 0. The van der Waals surface area contributed by atoms with Crippen LogP contribution >= 0.6 is 0 Å². The molecular formula is C9H20N2O3S. The molecule has 1 fully saturated rings. The van der Waals surface area contributed by atoms with Crippen molar-refractivity contribution in [2.45, 2.75) is 25.8 Å². The quantitative estimate of drug-likeness (QED) is 0.647. The van der Waals surface area contributed by atoms with E-state index in [0.29, 0.717) is 13.2 Å². The highest BCUT2D eigenvalue weighted by molar-refractivity contribution is 7.89. The minimum Gasteiger partial charge on any atom is -0.380 e. The summed E-state index contributed by atoms with van der Waals surface area (Å²) in [6.45, 7) is 5.07. The number of ether oxygens (including phenoxy) is 1. The highest BCUT2D eigenvalue weighted by Crippen LogP contribution is 2.17. The van der Waals surface area contributed by atoms with Crippen LogP contribution in [0.5, 0.6) is 0 Å². The summed E-state index contributed by atoms with van der Waals surface area (Å²) in [6.07, 6.45) is 1.97. The van der Waals surface area contributed by atoms with Crippen LogP contribution in [0.1, 0.15) is 19.8 Å². The number of nitrogens with zero attached hydrogens (tertiary/aromatic N) is 1. The van der Waals surface area contributed by atoms with Gasteiger partial charge in [-0.1, -0.05) is 0 Å². The Hall–Kier alpha value is -0.170. The Balaban J connectivity index is 2.36. The summed E-state index contributed by atoms with van der Waals surface area (Å²) in [6, 6.07) is 0.0838. The first-order chi connectivity index (χ1) is 7.03. The summed E-state index contributed by atoms with van der Waals surface area (Å²) < 4.78 is 27.2. The molecule has 0 aromatic heterocycles. The molecule has 1 rings (SSSR count). The number of nitrogens with two attached hydrogens (primary N) is 1. The van der Waals surface area contributed by atoms with E-state index in [0.717, 1.165) is 25.9 Å². The van der Waals surface area contributed by atoms with Gasteiger partial charge in [-0.15, -0.1) is 0 Å². The normalized spacial score (nSPS) is 23.5. The average molecular weight is 236 g/mol. The minimum atomic E-state index is -3.35. The van der Waals surface area contributed by atoms with E-state index in [9.17, 15) is 8.42 Å². The van der Waals surface area contributed by atoms with Crippen molar-refractivity contribution in [2.75, 3.05) is 32.1 Å². The molecule has 5 nitrogen and oxygen atoms in total. The number of sulfonamides is 1. The standard InChI is InChI=1S/C9H20N2O3S/c1-2-14-7-6-11-5-3-4-9(11)8-15(10,12)13/h9H,2-8H2,1H3,(H2,10,12,13)/t9-/m1/s1. The maximum atomic E-state index is 11.0. The fraction of sp³-hybridized carbons (Fsp3) is 1.00. The van der Waals surface area contributed by atoms with Gasteiger partial charge in [0.1, 0.15) is 0 Å². The van der Waals surface area contributed by atoms with Gasteiger partial charge in [-0.05, 0) is 26.3 Å². The van der Waals surface area contributed by atoms with E-state index in [1.807, 2.05) is 6.92 Å².